The molecule has 2 atom stereocenters. The second-order valence-electron chi connectivity index (χ2n) is 7.39. The van der Waals surface area contributed by atoms with Crippen LogP contribution < -0.4 is 0 Å². The zero-order valence-corrected chi connectivity index (χ0v) is 17.4. The van der Waals surface area contributed by atoms with Gasteiger partial charge in [0.25, 0.3) is 0 Å². The maximum absolute atomic E-state index is 12.0. The average molecular weight is 371 g/mol. The van der Waals surface area contributed by atoms with E-state index in [0.717, 1.165) is 12.8 Å². The molecule has 0 radical (unpaired) electrons. The molecule has 4 nitrogen and oxygen atoms in total. The van der Waals surface area contributed by atoms with E-state index in [9.17, 15) is 14.7 Å². The fraction of sp³-hybridized carbons (Fsp3) is 0.909. The zero-order chi connectivity index (χ0) is 19.6. The lowest BCUT2D eigenvalue weighted by Gasteiger charge is -2.21. The first kappa shape index (κ1) is 24.9. The fourth-order valence-electron chi connectivity index (χ4n) is 3.57. The van der Waals surface area contributed by atoms with Crippen molar-refractivity contribution in [2.24, 2.45) is 11.8 Å². The Labute approximate surface area is 161 Å². The lowest BCUT2D eigenvalue weighted by atomic mass is 9.85. The number of carbonyl (C=O) groups is 2. The standard InChI is InChI=1S/C22H42O4/c1-4-7-8-9-10-11-12-13-14-15-16-17-18-20(21(23)24)19(5-2)22(25)26-6-3/h19-20H,4-18H2,1-3H3,(H,23,24). The zero-order valence-electron chi connectivity index (χ0n) is 17.4. The molecule has 0 aromatic rings. The molecule has 4 heteroatoms. The lowest BCUT2D eigenvalue weighted by Crippen LogP contribution is -2.31. The Morgan fingerprint density at radius 3 is 1.58 bits per heavy atom. The van der Waals surface area contributed by atoms with Gasteiger partial charge in [-0.15, -0.1) is 0 Å². The molecular formula is C22H42O4. The first-order valence-electron chi connectivity index (χ1n) is 11.0. The Morgan fingerprint density at radius 1 is 0.731 bits per heavy atom. The van der Waals surface area contributed by atoms with E-state index in [4.69, 9.17) is 4.74 Å². The summed E-state index contributed by atoms with van der Waals surface area (Å²) in [6, 6.07) is 0. The number of hydrogen-bond acceptors (Lipinski definition) is 3. The molecule has 0 aliphatic rings. The summed E-state index contributed by atoms with van der Waals surface area (Å²) in [7, 11) is 0. The van der Waals surface area contributed by atoms with E-state index >= 15 is 0 Å². The molecule has 26 heavy (non-hydrogen) atoms. The maximum atomic E-state index is 12.0. The number of hydrogen-bond donors (Lipinski definition) is 1. The van der Waals surface area contributed by atoms with Gasteiger partial charge in [-0.25, -0.2) is 0 Å². The normalized spacial score (nSPS) is 13.3. The fourth-order valence-corrected chi connectivity index (χ4v) is 3.57. The number of carboxylic acids is 1. The average Bonchev–Trinajstić information content (AvgIpc) is 2.61. The van der Waals surface area contributed by atoms with Crippen LogP contribution in [0.2, 0.25) is 0 Å². The second kappa shape index (κ2) is 17.4. The highest BCUT2D eigenvalue weighted by atomic mass is 16.5. The lowest BCUT2D eigenvalue weighted by molar-refractivity contribution is -0.158. The van der Waals surface area contributed by atoms with Crippen molar-refractivity contribution in [3.63, 3.8) is 0 Å². The number of carbonyl (C=O) groups excluding carboxylic acids is 1. The molecule has 1 N–H and O–H groups in total. The molecule has 0 saturated carbocycles. The quantitative estimate of drug-likeness (QED) is 0.225. The van der Waals surface area contributed by atoms with E-state index in [1.807, 2.05) is 6.92 Å². The van der Waals surface area contributed by atoms with Gasteiger partial charge in [0.2, 0.25) is 0 Å². The van der Waals surface area contributed by atoms with Crippen LogP contribution in [0.3, 0.4) is 0 Å². The molecule has 0 heterocycles. The van der Waals surface area contributed by atoms with Crippen LogP contribution >= 0.6 is 0 Å². The van der Waals surface area contributed by atoms with E-state index in [-0.39, 0.29) is 5.97 Å². The van der Waals surface area contributed by atoms with Crippen molar-refractivity contribution in [2.45, 2.75) is 111 Å². The molecular weight excluding hydrogens is 328 g/mol. The summed E-state index contributed by atoms with van der Waals surface area (Å²) in [5.41, 5.74) is 0. The van der Waals surface area contributed by atoms with E-state index in [1.165, 1.54) is 64.2 Å². The summed E-state index contributed by atoms with van der Waals surface area (Å²) in [4.78, 5) is 23.5. The highest BCUT2D eigenvalue weighted by molar-refractivity contribution is 5.81. The number of rotatable bonds is 18. The van der Waals surface area contributed by atoms with Crippen LogP contribution in [0.25, 0.3) is 0 Å². The molecule has 0 spiro atoms. The van der Waals surface area contributed by atoms with Gasteiger partial charge in [-0.1, -0.05) is 90.9 Å². The molecule has 0 aliphatic carbocycles. The molecule has 0 fully saturated rings. The number of ether oxygens (including phenoxy) is 1. The Kier molecular flexibility index (Phi) is 16.7. The summed E-state index contributed by atoms with van der Waals surface area (Å²) < 4.78 is 5.04. The van der Waals surface area contributed by atoms with Crippen molar-refractivity contribution < 1.29 is 19.4 Å². The Balaban J connectivity index is 3.81. The minimum Gasteiger partial charge on any atom is -0.481 e. The van der Waals surface area contributed by atoms with E-state index in [0.29, 0.717) is 19.4 Å². The number of aliphatic carboxylic acids is 1. The largest absolute Gasteiger partial charge is 0.481 e. The van der Waals surface area contributed by atoms with Gasteiger partial charge in [-0.05, 0) is 19.8 Å². The van der Waals surface area contributed by atoms with Crippen LogP contribution in [0.5, 0.6) is 0 Å². The van der Waals surface area contributed by atoms with Crippen LogP contribution in [0.4, 0.5) is 0 Å². The number of esters is 1. The highest BCUT2D eigenvalue weighted by Crippen LogP contribution is 2.24. The first-order valence-corrected chi connectivity index (χ1v) is 11.0. The van der Waals surface area contributed by atoms with Gasteiger partial charge in [0, 0.05) is 0 Å². The monoisotopic (exact) mass is 370 g/mol. The molecule has 0 aromatic heterocycles. The predicted molar refractivity (Wildman–Crippen MR) is 107 cm³/mol. The third kappa shape index (κ3) is 12.3. The summed E-state index contributed by atoms with van der Waals surface area (Å²) in [5, 5.41) is 9.46. The minimum atomic E-state index is -0.868. The van der Waals surface area contributed by atoms with Crippen molar-refractivity contribution in [3.8, 4) is 0 Å². The van der Waals surface area contributed by atoms with Crippen LogP contribution in [0.1, 0.15) is 111 Å². The topological polar surface area (TPSA) is 63.6 Å². The molecule has 0 aromatic carbocycles. The van der Waals surface area contributed by atoms with Gasteiger partial charge >= 0.3 is 11.9 Å². The summed E-state index contributed by atoms with van der Waals surface area (Å²) in [6.07, 6.45) is 16.2. The molecule has 0 saturated heterocycles. The van der Waals surface area contributed by atoms with Gasteiger partial charge < -0.3 is 9.84 Å². The van der Waals surface area contributed by atoms with E-state index < -0.39 is 17.8 Å². The van der Waals surface area contributed by atoms with Gasteiger partial charge in [-0.2, -0.15) is 0 Å². The number of unbranched alkanes of at least 4 members (excludes halogenated alkanes) is 11. The van der Waals surface area contributed by atoms with Gasteiger partial charge in [-0.3, -0.25) is 9.59 Å². The molecule has 0 bridgehead atoms. The summed E-state index contributed by atoms with van der Waals surface area (Å²) >= 11 is 0. The van der Waals surface area contributed by atoms with Crippen molar-refractivity contribution in [3.05, 3.63) is 0 Å². The van der Waals surface area contributed by atoms with Crippen LogP contribution in [0, 0.1) is 11.8 Å². The predicted octanol–water partition coefficient (Wildman–Crippen LogP) is 6.37. The highest BCUT2D eigenvalue weighted by Gasteiger charge is 2.32. The minimum absolute atomic E-state index is 0.306. The number of carboxylic acid groups (broad SMARTS) is 1. The van der Waals surface area contributed by atoms with Crippen molar-refractivity contribution in [1.29, 1.82) is 0 Å². The van der Waals surface area contributed by atoms with Gasteiger partial charge in [0.05, 0.1) is 18.4 Å². The van der Waals surface area contributed by atoms with E-state index in [1.54, 1.807) is 6.92 Å². The third-order valence-electron chi connectivity index (χ3n) is 5.20. The van der Waals surface area contributed by atoms with Gasteiger partial charge in [0.1, 0.15) is 0 Å². The SMILES string of the molecule is CCCCCCCCCCCCCCC(C(=O)O)C(CC)C(=O)OCC. The Hall–Kier alpha value is -1.06. The smallest absolute Gasteiger partial charge is 0.309 e. The molecule has 154 valence electrons. The second-order valence-corrected chi connectivity index (χ2v) is 7.39. The van der Waals surface area contributed by atoms with Crippen LogP contribution in [-0.2, 0) is 14.3 Å². The first-order chi connectivity index (χ1) is 12.6. The summed E-state index contributed by atoms with van der Waals surface area (Å²) in [5.74, 6) is -2.35. The molecule has 2 unspecified atom stereocenters. The van der Waals surface area contributed by atoms with E-state index in [2.05, 4.69) is 6.92 Å². The third-order valence-corrected chi connectivity index (χ3v) is 5.20. The van der Waals surface area contributed by atoms with Crippen molar-refractivity contribution in [1.82, 2.24) is 0 Å². The Morgan fingerprint density at radius 2 is 1.19 bits per heavy atom. The van der Waals surface area contributed by atoms with Crippen molar-refractivity contribution in [2.75, 3.05) is 6.61 Å². The van der Waals surface area contributed by atoms with Crippen molar-refractivity contribution >= 4 is 11.9 Å². The van der Waals surface area contributed by atoms with Crippen LogP contribution in [-0.4, -0.2) is 23.7 Å². The van der Waals surface area contributed by atoms with Gasteiger partial charge in [0.15, 0.2) is 0 Å². The summed E-state index contributed by atoms with van der Waals surface area (Å²) in [6.45, 7) is 6.17. The van der Waals surface area contributed by atoms with Crippen LogP contribution in [0.15, 0.2) is 0 Å². The molecule has 0 rings (SSSR count). The molecule has 0 amide bonds. The molecule has 0 aliphatic heterocycles. The maximum Gasteiger partial charge on any atom is 0.309 e. The Bertz CT molecular complexity index is 354.